The Labute approximate surface area is 242 Å². The van der Waals surface area contributed by atoms with Crippen LogP contribution in [-0.4, -0.2) is 50.0 Å². The van der Waals surface area contributed by atoms with Gasteiger partial charge < -0.3 is 10.2 Å². The average Bonchev–Trinajstić information content (AvgIpc) is 2.95. The van der Waals surface area contributed by atoms with Gasteiger partial charge in [0.05, 0.1) is 11.9 Å². The van der Waals surface area contributed by atoms with E-state index >= 15 is 0 Å². The predicted molar refractivity (Wildman–Crippen MR) is 159 cm³/mol. The highest BCUT2D eigenvalue weighted by Crippen LogP contribution is 2.23. The molecule has 0 radical (unpaired) electrons. The van der Waals surface area contributed by atoms with Gasteiger partial charge in [0.1, 0.15) is 18.4 Å². The van der Waals surface area contributed by atoms with Crippen molar-refractivity contribution in [3.8, 4) is 0 Å². The molecule has 0 aromatic heterocycles. The Morgan fingerprint density at radius 1 is 0.927 bits per heavy atom. The van der Waals surface area contributed by atoms with Gasteiger partial charge in [0.2, 0.25) is 21.8 Å². The predicted octanol–water partition coefficient (Wildman–Crippen LogP) is 4.99. The fourth-order valence-electron chi connectivity index (χ4n) is 5.23. The van der Waals surface area contributed by atoms with E-state index in [1.165, 1.54) is 11.0 Å². The van der Waals surface area contributed by atoms with Crippen LogP contribution in [0.1, 0.15) is 48.8 Å². The van der Waals surface area contributed by atoms with E-state index < -0.39 is 34.3 Å². The first-order valence-corrected chi connectivity index (χ1v) is 15.9. The van der Waals surface area contributed by atoms with E-state index in [1.807, 2.05) is 37.3 Å². The Morgan fingerprint density at radius 3 is 2.20 bits per heavy atom. The Morgan fingerprint density at radius 2 is 1.56 bits per heavy atom. The van der Waals surface area contributed by atoms with Crippen LogP contribution in [0.3, 0.4) is 0 Å². The zero-order valence-corrected chi connectivity index (χ0v) is 24.4. The Balaban J connectivity index is 1.72. The van der Waals surface area contributed by atoms with Crippen molar-refractivity contribution in [3.63, 3.8) is 0 Å². The van der Waals surface area contributed by atoms with Gasteiger partial charge in [0.25, 0.3) is 0 Å². The molecule has 3 aromatic carbocycles. The monoisotopic (exact) mass is 579 g/mol. The van der Waals surface area contributed by atoms with Crippen molar-refractivity contribution in [1.82, 2.24) is 10.2 Å². The van der Waals surface area contributed by atoms with Crippen LogP contribution in [0.2, 0.25) is 0 Å². The minimum atomic E-state index is -3.86. The molecule has 1 atom stereocenters. The van der Waals surface area contributed by atoms with E-state index in [0.717, 1.165) is 53.8 Å². The van der Waals surface area contributed by atoms with Gasteiger partial charge in [0, 0.05) is 24.6 Å². The fraction of sp³-hybridized carbons (Fsp3) is 0.375. The molecule has 0 heterocycles. The lowest BCUT2D eigenvalue weighted by atomic mass is 9.94. The van der Waals surface area contributed by atoms with Crippen LogP contribution in [0, 0.1) is 12.7 Å². The van der Waals surface area contributed by atoms with E-state index in [2.05, 4.69) is 5.32 Å². The van der Waals surface area contributed by atoms with E-state index in [-0.39, 0.29) is 30.5 Å². The summed E-state index contributed by atoms with van der Waals surface area (Å²) in [4.78, 5) is 29.3. The molecule has 1 N–H and O–H groups in total. The number of carbonyl (C=O) groups is 2. The zero-order valence-electron chi connectivity index (χ0n) is 23.6. The molecule has 2 amide bonds. The second-order valence-corrected chi connectivity index (χ2v) is 12.7. The molecule has 41 heavy (non-hydrogen) atoms. The molecule has 218 valence electrons. The molecule has 0 aliphatic heterocycles. The lowest BCUT2D eigenvalue weighted by Gasteiger charge is -2.35. The standard InChI is InChI=1S/C32H38FN3O4S/c1-24-17-19-28(20-18-24)36(41(2,39)40)23-31(37)35(22-26-13-9-10-16-29(26)33)30(21-25-11-5-3-6-12-25)32(38)34-27-14-7-4-8-15-27/h3,5-6,9-13,16-20,27,30H,4,7-8,14-15,21-23H2,1-2H3,(H,34,38)/t30-/m0/s1. The summed E-state index contributed by atoms with van der Waals surface area (Å²) in [6.07, 6.45) is 6.12. The highest BCUT2D eigenvalue weighted by molar-refractivity contribution is 7.92. The average molecular weight is 580 g/mol. The number of hydrogen-bond acceptors (Lipinski definition) is 4. The first kappa shape index (κ1) is 30.2. The molecule has 1 saturated carbocycles. The van der Waals surface area contributed by atoms with Crippen molar-refractivity contribution < 1.29 is 22.4 Å². The molecule has 4 rings (SSSR count). The number of nitrogens with one attached hydrogen (secondary N) is 1. The second-order valence-electron chi connectivity index (χ2n) is 10.8. The molecular weight excluding hydrogens is 541 g/mol. The van der Waals surface area contributed by atoms with Crippen LogP contribution in [0.5, 0.6) is 0 Å². The Bertz CT molecular complexity index is 1420. The number of nitrogens with zero attached hydrogens (tertiary/aromatic N) is 2. The SMILES string of the molecule is Cc1ccc(N(CC(=O)N(Cc2ccccc2F)[C@@H](Cc2ccccc2)C(=O)NC2CCCCC2)S(C)(=O)=O)cc1. The van der Waals surface area contributed by atoms with Crippen LogP contribution in [0.25, 0.3) is 0 Å². The molecule has 0 bridgehead atoms. The summed E-state index contributed by atoms with van der Waals surface area (Å²) < 4.78 is 41.6. The van der Waals surface area contributed by atoms with Gasteiger partial charge in [-0.05, 0) is 43.5 Å². The third-order valence-electron chi connectivity index (χ3n) is 7.52. The van der Waals surface area contributed by atoms with Gasteiger partial charge in [-0.3, -0.25) is 13.9 Å². The third kappa shape index (κ3) is 8.39. The topological polar surface area (TPSA) is 86.8 Å². The number of amides is 2. The largest absolute Gasteiger partial charge is 0.352 e. The smallest absolute Gasteiger partial charge is 0.244 e. The Kier molecular flexibility index (Phi) is 10.2. The number of carbonyl (C=O) groups excluding carboxylic acids is 2. The normalized spacial score (nSPS) is 14.7. The molecule has 0 unspecified atom stereocenters. The van der Waals surface area contributed by atoms with Crippen LogP contribution in [0.4, 0.5) is 10.1 Å². The number of anilines is 1. The van der Waals surface area contributed by atoms with Gasteiger partial charge in [-0.15, -0.1) is 0 Å². The van der Waals surface area contributed by atoms with Crippen molar-refractivity contribution >= 4 is 27.5 Å². The molecule has 3 aromatic rings. The van der Waals surface area contributed by atoms with Crippen molar-refractivity contribution in [3.05, 3.63) is 101 Å². The fourth-order valence-corrected chi connectivity index (χ4v) is 6.08. The first-order chi connectivity index (χ1) is 19.6. The lowest BCUT2D eigenvalue weighted by Crippen LogP contribution is -2.55. The number of sulfonamides is 1. The number of hydrogen-bond donors (Lipinski definition) is 1. The molecule has 9 heteroatoms. The van der Waals surface area contributed by atoms with E-state index in [9.17, 15) is 22.4 Å². The maximum Gasteiger partial charge on any atom is 0.244 e. The highest BCUT2D eigenvalue weighted by atomic mass is 32.2. The van der Waals surface area contributed by atoms with Gasteiger partial charge in [-0.1, -0.05) is 85.5 Å². The van der Waals surface area contributed by atoms with Crippen molar-refractivity contribution in [2.24, 2.45) is 0 Å². The number of rotatable bonds is 11. The summed E-state index contributed by atoms with van der Waals surface area (Å²) >= 11 is 0. The molecular formula is C32H38FN3O4S. The van der Waals surface area contributed by atoms with E-state index in [4.69, 9.17) is 0 Å². The maximum absolute atomic E-state index is 14.9. The molecule has 0 saturated heterocycles. The highest BCUT2D eigenvalue weighted by Gasteiger charge is 2.34. The van der Waals surface area contributed by atoms with Crippen LogP contribution >= 0.6 is 0 Å². The number of benzene rings is 3. The van der Waals surface area contributed by atoms with Crippen LogP contribution < -0.4 is 9.62 Å². The third-order valence-corrected chi connectivity index (χ3v) is 8.66. The van der Waals surface area contributed by atoms with Gasteiger partial charge in [-0.2, -0.15) is 0 Å². The van der Waals surface area contributed by atoms with E-state index in [1.54, 1.807) is 42.5 Å². The van der Waals surface area contributed by atoms with Gasteiger partial charge in [0.15, 0.2) is 0 Å². The summed E-state index contributed by atoms with van der Waals surface area (Å²) in [6.45, 7) is 1.17. The summed E-state index contributed by atoms with van der Waals surface area (Å²) in [5.74, 6) is -1.43. The van der Waals surface area contributed by atoms with Crippen LogP contribution in [-0.2, 0) is 32.6 Å². The number of aryl methyl sites for hydroxylation is 1. The molecule has 7 nitrogen and oxygen atoms in total. The summed E-state index contributed by atoms with van der Waals surface area (Å²) in [6, 6.07) is 21.3. The van der Waals surface area contributed by atoms with Crippen molar-refractivity contribution in [2.45, 2.75) is 64.1 Å². The van der Waals surface area contributed by atoms with Crippen molar-refractivity contribution in [2.75, 3.05) is 17.1 Å². The first-order valence-electron chi connectivity index (χ1n) is 14.0. The van der Waals surface area contributed by atoms with Gasteiger partial charge in [-0.25, -0.2) is 12.8 Å². The molecule has 0 spiro atoms. The Hall–Kier alpha value is -3.72. The van der Waals surface area contributed by atoms with Gasteiger partial charge >= 0.3 is 0 Å². The molecule has 1 aliphatic rings. The van der Waals surface area contributed by atoms with E-state index in [0.29, 0.717) is 5.69 Å². The summed E-state index contributed by atoms with van der Waals surface area (Å²) in [5.41, 5.74) is 2.35. The molecule has 1 fully saturated rings. The second kappa shape index (κ2) is 13.8. The summed E-state index contributed by atoms with van der Waals surface area (Å²) in [7, 11) is -3.86. The van der Waals surface area contributed by atoms with Crippen molar-refractivity contribution in [1.29, 1.82) is 0 Å². The summed E-state index contributed by atoms with van der Waals surface area (Å²) in [5, 5.41) is 3.14. The maximum atomic E-state index is 14.9. The zero-order chi connectivity index (χ0) is 29.4. The lowest BCUT2D eigenvalue weighted by molar-refractivity contribution is -0.140. The quantitative estimate of drug-likeness (QED) is 0.347. The minimum absolute atomic E-state index is 0.0000123. The minimum Gasteiger partial charge on any atom is -0.352 e. The molecule has 1 aliphatic carbocycles. The van der Waals surface area contributed by atoms with Crippen LogP contribution in [0.15, 0.2) is 78.9 Å². The number of halogens is 1.